The molecule has 3 aromatic rings. The lowest BCUT2D eigenvalue weighted by molar-refractivity contribution is 0.0956. The molecule has 7 nitrogen and oxygen atoms in total. The van der Waals surface area contributed by atoms with E-state index in [4.69, 9.17) is 39.5 Å². The number of hydrogen-bond donors (Lipinski definition) is 2. The number of halogens is 3. The molecule has 3 rings (SSSR count). The van der Waals surface area contributed by atoms with E-state index in [9.17, 15) is 13.2 Å². The summed E-state index contributed by atoms with van der Waals surface area (Å²) >= 11 is 18.0. The average molecular weight is 515 g/mol. The summed E-state index contributed by atoms with van der Waals surface area (Å²) in [6, 6.07) is 8.62. The number of benzene rings is 2. The van der Waals surface area contributed by atoms with Crippen LogP contribution in [0.5, 0.6) is 11.5 Å². The van der Waals surface area contributed by atoms with Gasteiger partial charge in [-0.05, 0) is 49.7 Å². The van der Waals surface area contributed by atoms with Crippen LogP contribution >= 0.6 is 34.8 Å². The first-order chi connectivity index (χ1) is 15.1. The molecule has 0 saturated heterocycles. The van der Waals surface area contributed by atoms with Gasteiger partial charge in [-0.2, -0.15) is 0 Å². The Morgan fingerprint density at radius 1 is 1.03 bits per heavy atom. The number of carbonyl (C=O) groups is 1. The number of ether oxygens (including phenoxy) is 1. The lowest BCUT2D eigenvalue weighted by Gasteiger charge is -2.15. The Labute approximate surface area is 200 Å². The molecular formula is C21H18Cl3N3O4S. The van der Waals surface area contributed by atoms with Crippen molar-refractivity contribution < 1.29 is 17.9 Å². The predicted octanol–water partition coefficient (Wildman–Crippen LogP) is 5.69. The Morgan fingerprint density at radius 2 is 1.78 bits per heavy atom. The van der Waals surface area contributed by atoms with Gasteiger partial charge in [0.15, 0.2) is 0 Å². The second kappa shape index (κ2) is 9.95. The Kier molecular flexibility index (Phi) is 7.51. The summed E-state index contributed by atoms with van der Waals surface area (Å²) < 4.78 is 34.1. The summed E-state index contributed by atoms with van der Waals surface area (Å²) in [6.07, 6.45) is 2.91. The molecule has 1 amide bonds. The number of amides is 1. The topological polar surface area (TPSA) is 97.4 Å². The highest BCUT2D eigenvalue weighted by atomic mass is 35.5. The Balaban J connectivity index is 1.99. The van der Waals surface area contributed by atoms with Crippen LogP contribution < -0.4 is 14.8 Å². The maximum atomic E-state index is 13.0. The van der Waals surface area contributed by atoms with E-state index in [1.54, 1.807) is 19.9 Å². The van der Waals surface area contributed by atoms with Crippen LogP contribution in [0.15, 0.2) is 53.7 Å². The summed E-state index contributed by atoms with van der Waals surface area (Å²) in [5.41, 5.74) is 0.653. The molecule has 11 heteroatoms. The minimum atomic E-state index is -4.12. The molecule has 0 spiro atoms. The fourth-order valence-corrected chi connectivity index (χ4v) is 4.82. The molecule has 0 aliphatic rings. The van der Waals surface area contributed by atoms with Gasteiger partial charge in [0.25, 0.3) is 15.9 Å². The average Bonchev–Trinajstić information content (AvgIpc) is 2.71. The Bertz CT molecular complexity index is 1280. The standard InChI is InChI=1S/C21H18Cl3N3O4S/c1-3-26-21(28)16-8-14(31-15-7-13(22)10-25-11-15)4-5-19(16)27-32(29,30)20-6-12(2)17(23)9-18(20)24/h4-11,27H,3H2,1-2H3,(H,26,28). The number of rotatable bonds is 7. The maximum absolute atomic E-state index is 13.0. The quantitative estimate of drug-likeness (QED) is 0.422. The van der Waals surface area contributed by atoms with Crippen molar-refractivity contribution >= 4 is 56.4 Å². The minimum Gasteiger partial charge on any atom is -0.456 e. The van der Waals surface area contributed by atoms with Crippen LogP contribution in [0, 0.1) is 6.92 Å². The molecule has 1 aromatic heterocycles. The zero-order chi connectivity index (χ0) is 23.5. The number of sulfonamides is 1. The van der Waals surface area contributed by atoms with Crippen molar-refractivity contribution in [1.82, 2.24) is 10.3 Å². The minimum absolute atomic E-state index is 0.0407. The van der Waals surface area contributed by atoms with E-state index in [2.05, 4.69) is 15.0 Å². The van der Waals surface area contributed by atoms with Gasteiger partial charge in [0.05, 0.1) is 27.5 Å². The first kappa shape index (κ1) is 24.1. The van der Waals surface area contributed by atoms with Crippen molar-refractivity contribution in [3.63, 3.8) is 0 Å². The molecule has 0 atom stereocenters. The van der Waals surface area contributed by atoms with Crippen molar-refractivity contribution in [1.29, 1.82) is 0 Å². The molecule has 0 fully saturated rings. The number of aryl methyl sites for hydroxylation is 1. The van der Waals surface area contributed by atoms with Crippen molar-refractivity contribution in [2.75, 3.05) is 11.3 Å². The lowest BCUT2D eigenvalue weighted by Crippen LogP contribution is -2.25. The summed E-state index contributed by atoms with van der Waals surface area (Å²) in [5, 5.41) is 3.33. The van der Waals surface area contributed by atoms with Crippen molar-refractivity contribution in [3.8, 4) is 11.5 Å². The fourth-order valence-electron chi connectivity index (χ4n) is 2.74. The van der Waals surface area contributed by atoms with Crippen LogP contribution in [0.4, 0.5) is 5.69 Å². The number of aromatic nitrogens is 1. The SMILES string of the molecule is CCNC(=O)c1cc(Oc2cncc(Cl)c2)ccc1NS(=O)(=O)c1cc(C)c(Cl)cc1Cl. The van der Waals surface area contributed by atoms with E-state index in [1.807, 2.05) is 0 Å². The number of nitrogens with one attached hydrogen (secondary N) is 2. The molecule has 0 aliphatic heterocycles. The molecule has 0 aliphatic carbocycles. The van der Waals surface area contributed by atoms with Gasteiger partial charge < -0.3 is 10.1 Å². The summed E-state index contributed by atoms with van der Waals surface area (Å²) in [6.45, 7) is 3.75. The summed E-state index contributed by atoms with van der Waals surface area (Å²) in [7, 11) is -4.12. The fraction of sp³-hybridized carbons (Fsp3) is 0.143. The number of pyridine rings is 1. The van der Waals surface area contributed by atoms with Crippen molar-refractivity contribution in [3.05, 3.63) is 75.0 Å². The van der Waals surface area contributed by atoms with Gasteiger partial charge >= 0.3 is 0 Å². The first-order valence-corrected chi connectivity index (χ1v) is 11.9. The van der Waals surface area contributed by atoms with E-state index in [0.717, 1.165) is 0 Å². The van der Waals surface area contributed by atoms with Crippen LogP contribution in [-0.2, 0) is 10.0 Å². The number of anilines is 1. The van der Waals surface area contributed by atoms with Gasteiger partial charge in [0.1, 0.15) is 16.4 Å². The van der Waals surface area contributed by atoms with Gasteiger partial charge in [0.2, 0.25) is 0 Å². The molecule has 0 bridgehead atoms. The van der Waals surface area contributed by atoms with Crippen LogP contribution in [0.3, 0.4) is 0 Å². The van der Waals surface area contributed by atoms with Gasteiger partial charge in [-0.1, -0.05) is 34.8 Å². The molecule has 2 N–H and O–H groups in total. The molecule has 0 saturated carbocycles. The third kappa shape index (κ3) is 5.63. The van der Waals surface area contributed by atoms with E-state index < -0.39 is 15.9 Å². The third-order valence-corrected chi connectivity index (χ3v) is 6.68. The van der Waals surface area contributed by atoms with E-state index in [1.165, 1.54) is 42.7 Å². The molecule has 1 heterocycles. The van der Waals surface area contributed by atoms with Crippen LogP contribution in [-0.4, -0.2) is 25.9 Å². The first-order valence-electron chi connectivity index (χ1n) is 9.30. The van der Waals surface area contributed by atoms with Crippen molar-refractivity contribution in [2.24, 2.45) is 0 Å². The molecular weight excluding hydrogens is 497 g/mol. The molecule has 0 unspecified atom stereocenters. The molecule has 0 radical (unpaired) electrons. The highest BCUT2D eigenvalue weighted by Gasteiger charge is 2.23. The van der Waals surface area contributed by atoms with Gasteiger partial charge in [0, 0.05) is 23.8 Å². The number of carbonyl (C=O) groups excluding carboxylic acids is 1. The normalized spacial score (nSPS) is 11.2. The number of hydrogen-bond acceptors (Lipinski definition) is 5. The van der Waals surface area contributed by atoms with E-state index in [-0.39, 0.29) is 21.2 Å². The van der Waals surface area contributed by atoms with Crippen LogP contribution in [0.25, 0.3) is 0 Å². The highest BCUT2D eigenvalue weighted by molar-refractivity contribution is 7.92. The Hall–Kier alpha value is -2.52. The zero-order valence-corrected chi connectivity index (χ0v) is 20.0. The largest absolute Gasteiger partial charge is 0.456 e. The van der Waals surface area contributed by atoms with Gasteiger partial charge in [-0.3, -0.25) is 14.5 Å². The van der Waals surface area contributed by atoms with Crippen LogP contribution in [0.1, 0.15) is 22.8 Å². The Morgan fingerprint density at radius 3 is 2.47 bits per heavy atom. The monoisotopic (exact) mass is 513 g/mol. The smallest absolute Gasteiger partial charge is 0.263 e. The number of nitrogens with zero attached hydrogens (tertiary/aromatic N) is 1. The van der Waals surface area contributed by atoms with Gasteiger partial charge in [-0.25, -0.2) is 8.42 Å². The second-order valence-corrected chi connectivity index (χ2v) is 9.55. The second-order valence-electron chi connectivity index (χ2n) is 6.65. The molecule has 32 heavy (non-hydrogen) atoms. The van der Waals surface area contributed by atoms with E-state index in [0.29, 0.717) is 33.7 Å². The maximum Gasteiger partial charge on any atom is 0.263 e. The lowest BCUT2D eigenvalue weighted by atomic mass is 10.1. The molecule has 168 valence electrons. The van der Waals surface area contributed by atoms with Crippen molar-refractivity contribution in [2.45, 2.75) is 18.7 Å². The zero-order valence-electron chi connectivity index (χ0n) is 16.9. The predicted molar refractivity (Wildman–Crippen MR) is 126 cm³/mol. The summed E-state index contributed by atoms with van der Waals surface area (Å²) in [5.74, 6) is 0.160. The third-order valence-electron chi connectivity index (χ3n) is 4.24. The summed E-state index contributed by atoms with van der Waals surface area (Å²) in [4.78, 5) is 16.4. The highest BCUT2D eigenvalue weighted by Crippen LogP contribution is 2.32. The van der Waals surface area contributed by atoms with E-state index >= 15 is 0 Å². The van der Waals surface area contributed by atoms with Gasteiger partial charge in [-0.15, -0.1) is 0 Å². The molecule has 2 aromatic carbocycles. The van der Waals surface area contributed by atoms with Crippen LogP contribution in [0.2, 0.25) is 15.1 Å².